The number of allylic oxidation sites excluding steroid dienone is 3. The van der Waals surface area contributed by atoms with Gasteiger partial charge in [0.05, 0.1) is 6.61 Å². The van der Waals surface area contributed by atoms with Crippen LogP contribution in [0.4, 0.5) is 8.78 Å². The van der Waals surface area contributed by atoms with Crippen molar-refractivity contribution in [2.45, 2.75) is 19.8 Å². The van der Waals surface area contributed by atoms with Gasteiger partial charge in [0, 0.05) is 12.0 Å². The zero-order valence-corrected chi connectivity index (χ0v) is 8.91. The quantitative estimate of drug-likeness (QED) is 0.564. The van der Waals surface area contributed by atoms with Crippen molar-refractivity contribution in [2.75, 3.05) is 6.61 Å². The number of aliphatic hydroxyl groups excluding tert-OH is 1. The summed E-state index contributed by atoms with van der Waals surface area (Å²) >= 11 is 0. The Kier molecular flexibility index (Phi) is 10.3. The van der Waals surface area contributed by atoms with E-state index in [1.807, 2.05) is 0 Å². The molecular formula is C11H14F2O3. The summed E-state index contributed by atoms with van der Waals surface area (Å²) in [7, 11) is 0. The van der Waals surface area contributed by atoms with Crippen molar-refractivity contribution in [3.8, 4) is 12.8 Å². The molecule has 0 spiro atoms. The van der Waals surface area contributed by atoms with Gasteiger partial charge in [0.2, 0.25) is 0 Å². The van der Waals surface area contributed by atoms with Crippen LogP contribution in [0.3, 0.4) is 0 Å². The Bertz CT molecular complexity index is 300. The smallest absolute Gasteiger partial charge is 0.303 e. The Morgan fingerprint density at radius 1 is 1.31 bits per heavy atom. The number of aliphatic hydroxyl groups is 1. The van der Waals surface area contributed by atoms with Crippen molar-refractivity contribution >= 4 is 5.97 Å². The number of halogens is 2. The largest absolute Gasteiger partial charge is 0.481 e. The number of carboxylic acids is 1. The van der Waals surface area contributed by atoms with E-state index in [2.05, 4.69) is 12.8 Å². The summed E-state index contributed by atoms with van der Waals surface area (Å²) in [4.78, 5) is 10.2. The first-order valence-corrected chi connectivity index (χ1v) is 4.36. The third kappa shape index (κ3) is 7.71. The monoisotopic (exact) mass is 232 g/mol. The van der Waals surface area contributed by atoms with E-state index in [0.717, 1.165) is 13.0 Å². The summed E-state index contributed by atoms with van der Waals surface area (Å²) in [6, 6.07) is 0. The Balaban J connectivity index is 0. The van der Waals surface area contributed by atoms with Crippen LogP contribution in [0.5, 0.6) is 0 Å². The van der Waals surface area contributed by atoms with E-state index in [-0.39, 0.29) is 18.4 Å². The molecular weight excluding hydrogens is 218 g/mol. The normalized spacial score (nSPS) is 12.2. The van der Waals surface area contributed by atoms with Gasteiger partial charge in [-0.25, -0.2) is 8.78 Å². The van der Waals surface area contributed by atoms with Crippen molar-refractivity contribution in [2.24, 2.45) is 0 Å². The Morgan fingerprint density at radius 3 is 2.12 bits per heavy atom. The first kappa shape index (κ1) is 16.7. The third-order valence-corrected chi connectivity index (χ3v) is 1.56. The minimum absolute atomic E-state index is 0.222. The van der Waals surface area contributed by atoms with Crippen LogP contribution >= 0.6 is 0 Å². The Labute approximate surface area is 93.1 Å². The number of aliphatic carboxylic acids is 1. The standard InChI is InChI=1S/C9H12F2O3.C2H2/c1-6(10)7(2-3-9(13)14)8(11)4-5-12;1-2/h4,12H,2-3,5H2,1H3,(H,13,14);1-2H/b7-6+,8-4+;. The lowest BCUT2D eigenvalue weighted by Gasteiger charge is -2.03. The number of carbonyl (C=O) groups is 1. The summed E-state index contributed by atoms with van der Waals surface area (Å²) < 4.78 is 25.7. The maximum Gasteiger partial charge on any atom is 0.303 e. The predicted molar refractivity (Wildman–Crippen MR) is 56.8 cm³/mol. The summed E-state index contributed by atoms with van der Waals surface area (Å²) in [6.07, 6.45) is 8.23. The van der Waals surface area contributed by atoms with E-state index in [9.17, 15) is 13.6 Å². The SMILES string of the molecule is C#C.C/C(F)=C(CCC(=O)O)\C(F)=C/CO. The lowest BCUT2D eigenvalue weighted by molar-refractivity contribution is -0.136. The fraction of sp³-hybridized carbons (Fsp3) is 0.364. The van der Waals surface area contributed by atoms with Gasteiger partial charge >= 0.3 is 5.97 Å². The highest BCUT2D eigenvalue weighted by atomic mass is 19.1. The average Bonchev–Trinajstić information content (AvgIpc) is 2.20. The molecule has 0 aliphatic rings. The van der Waals surface area contributed by atoms with Crippen molar-refractivity contribution in [1.82, 2.24) is 0 Å². The van der Waals surface area contributed by atoms with Gasteiger partial charge < -0.3 is 10.2 Å². The maximum atomic E-state index is 13.0. The molecule has 0 aliphatic heterocycles. The fourth-order valence-corrected chi connectivity index (χ4v) is 0.891. The number of hydrogen-bond donors (Lipinski definition) is 2. The van der Waals surface area contributed by atoms with Gasteiger partial charge in [-0.1, -0.05) is 0 Å². The summed E-state index contributed by atoms with van der Waals surface area (Å²) in [5, 5.41) is 16.7. The molecule has 5 heteroatoms. The van der Waals surface area contributed by atoms with Crippen LogP contribution in [0.1, 0.15) is 19.8 Å². The van der Waals surface area contributed by atoms with E-state index in [1.165, 1.54) is 0 Å². The van der Waals surface area contributed by atoms with E-state index >= 15 is 0 Å². The molecule has 0 saturated carbocycles. The second-order valence-corrected chi connectivity index (χ2v) is 2.64. The molecule has 0 rings (SSSR count). The van der Waals surface area contributed by atoms with Crippen molar-refractivity contribution in [3.05, 3.63) is 23.3 Å². The highest BCUT2D eigenvalue weighted by Crippen LogP contribution is 2.22. The molecule has 0 amide bonds. The van der Waals surface area contributed by atoms with E-state index in [1.54, 1.807) is 0 Å². The van der Waals surface area contributed by atoms with Gasteiger partial charge in [0.25, 0.3) is 0 Å². The molecule has 0 heterocycles. The van der Waals surface area contributed by atoms with Crippen molar-refractivity contribution in [1.29, 1.82) is 0 Å². The molecule has 0 aromatic carbocycles. The molecule has 0 aliphatic carbocycles. The number of carboxylic acid groups (broad SMARTS) is 1. The summed E-state index contributed by atoms with van der Waals surface area (Å²) in [6.45, 7) is 0.498. The average molecular weight is 232 g/mol. The summed E-state index contributed by atoms with van der Waals surface area (Å²) in [5.41, 5.74) is -0.304. The fourth-order valence-electron chi connectivity index (χ4n) is 0.891. The predicted octanol–water partition coefficient (Wildman–Crippen LogP) is 2.19. The highest BCUT2D eigenvalue weighted by Gasteiger charge is 2.10. The van der Waals surface area contributed by atoms with Crippen molar-refractivity contribution < 1.29 is 23.8 Å². The molecule has 3 nitrogen and oxygen atoms in total. The lowest BCUT2D eigenvalue weighted by atomic mass is 10.1. The lowest BCUT2D eigenvalue weighted by Crippen LogP contribution is -1.97. The van der Waals surface area contributed by atoms with Crippen molar-refractivity contribution in [3.63, 3.8) is 0 Å². The van der Waals surface area contributed by atoms with Gasteiger partial charge in [-0.15, -0.1) is 12.8 Å². The minimum atomic E-state index is -1.12. The van der Waals surface area contributed by atoms with Gasteiger partial charge in [-0.05, 0) is 19.4 Å². The molecule has 0 fully saturated rings. The van der Waals surface area contributed by atoms with Gasteiger partial charge in [-0.2, -0.15) is 0 Å². The van der Waals surface area contributed by atoms with Crippen LogP contribution in [-0.4, -0.2) is 22.8 Å². The number of hydrogen-bond acceptors (Lipinski definition) is 2. The van der Waals surface area contributed by atoms with Gasteiger partial charge in [0.15, 0.2) is 0 Å². The number of rotatable bonds is 5. The Hall–Kier alpha value is -1.67. The first-order chi connectivity index (χ1) is 7.49. The zero-order valence-electron chi connectivity index (χ0n) is 8.91. The van der Waals surface area contributed by atoms with Crippen LogP contribution < -0.4 is 0 Å². The van der Waals surface area contributed by atoms with Crippen LogP contribution in [0.2, 0.25) is 0 Å². The third-order valence-electron chi connectivity index (χ3n) is 1.56. The van der Waals surface area contributed by atoms with Gasteiger partial charge in [-0.3, -0.25) is 4.79 Å². The second kappa shape index (κ2) is 9.87. The minimum Gasteiger partial charge on any atom is -0.481 e. The molecule has 0 radical (unpaired) electrons. The number of terminal acetylenes is 1. The van der Waals surface area contributed by atoms with Crippen LogP contribution in [0, 0.1) is 12.8 Å². The van der Waals surface area contributed by atoms with E-state index in [4.69, 9.17) is 10.2 Å². The topological polar surface area (TPSA) is 57.5 Å². The van der Waals surface area contributed by atoms with E-state index < -0.39 is 24.2 Å². The summed E-state index contributed by atoms with van der Waals surface area (Å²) in [5.74, 6) is -2.80. The first-order valence-electron chi connectivity index (χ1n) is 4.36. The van der Waals surface area contributed by atoms with E-state index in [0.29, 0.717) is 0 Å². The molecule has 0 saturated heterocycles. The highest BCUT2D eigenvalue weighted by molar-refractivity contribution is 5.67. The molecule has 0 unspecified atom stereocenters. The molecule has 0 aromatic rings. The molecule has 16 heavy (non-hydrogen) atoms. The second-order valence-electron chi connectivity index (χ2n) is 2.64. The molecule has 0 bridgehead atoms. The van der Waals surface area contributed by atoms with Crippen LogP contribution in [-0.2, 0) is 4.79 Å². The van der Waals surface area contributed by atoms with Crippen LogP contribution in [0.25, 0.3) is 0 Å². The Morgan fingerprint density at radius 2 is 1.81 bits per heavy atom. The molecule has 0 aromatic heterocycles. The molecule has 0 atom stereocenters. The van der Waals surface area contributed by atoms with Crippen LogP contribution in [0.15, 0.2) is 23.3 Å². The maximum absolute atomic E-state index is 13.0. The van der Waals surface area contributed by atoms with Gasteiger partial charge in [0.1, 0.15) is 11.7 Å². The molecule has 2 N–H and O–H groups in total. The molecule has 90 valence electrons. The zero-order chi connectivity index (χ0) is 13.1.